The molecule has 2 aromatic carbocycles. The van der Waals surface area contributed by atoms with Crippen molar-refractivity contribution in [3.63, 3.8) is 0 Å². The quantitative estimate of drug-likeness (QED) is 0.752. The van der Waals surface area contributed by atoms with Crippen LogP contribution in [0.3, 0.4) is 0 Å². The highest BCUT2D eigenvalue weighted by molar-refractivity contribution is 6.36. The van der Waals surface area contributed by atoms with Crippen molar-refractivity contribution in [2.45, 2.75) is 26.7 Å². The van der Waals surface area contributed by atoms with Crippen LogP contribution in [0.25, 0.3) is 0 Å². The lowest BCUT2D eigenvalue weighted by atomic mass is 10.1. The van der Waals surface area contributed by atoms with Crippen molar-refractivity contribution in [1.29, 1.82) is 0 Å². The lowest BCUT2D eigenvalue weighted by Gasteiger charge is -2.08. The summed E-state index contributed by atoms with van der Waals surface area (Å²) in [5.41, 5.74) is 1.08. The molecule has 0 heterocycles. The van der Waals surface area contributed by atoms with E-state index >= 15 is 0 Å². The van der Waals surface area contributed by atoms with Crippen LogP contribution in [0, 0.1) is 5.92 Å². The Kier molecular flexibility index (Phi) is 6.55. The average molecular weight is 325 g/mol. The van der Waals surface area contributed by atoms with Crippen molar-refractivity contribution in [2.24, 2.45) is 5.92 Å². The molecular formula is C20H23NO3. The topological polar surface area (TPSA) is 55.4 Å². The van der Waals surface area contributed by atoms with Crippen LogP contribution >= 0.6 is 0 Å². The average Bonchev–Trinajstić information content (AvgIpc) is 2.56. The maximum atomic E-state index is 11.6. The van der Waals surface area contributed by atoms with E-state index < -0.39 is 5.91 Å². The largest absolute Gasteiger partial charge is 0.457 e. The summed E-state index contributed by atoms with van der Waals surface area (Å²) in [4.78, 5) is 23.2. The van der Waals surface area contributed by atoms with Gasteiger partial charge >= 0.3 is 0 Å². The molecule has 0 saturated heterocycles. The van der Waals surface area contributed by atoms with Gasteiger partial charge in [-0.15, -0.1) is 0 Å². The molecule has 0 bridgehead atoms. The van der Waals surface area contributed by atoms with Gasteiger partial charge in [-0.25, -0.2) is 0 Å². The number of para-hydroxylation sites is 1. The molecule has 0 saturated carbocycles. The second kappa shape index (κ2) is 8.87. The fourth-order valence-corrected chi connectivity index (χ4v) is 2.23. The summed E-state index contributed by atoms with van der Waals surface area (Å²) >= 11 is 0. The van der Waals surface area contributed by atoms with E-state index in [0.717, 1.165) is 17.1 Å². The predicted molar refractivity (Wildman–Crippen MR) is 94.1 cm³/mol. The van der Waals surface area contributed by atoms with Gasteiger partial charge in [0, 0.05) is 13.0 Å². The van der Waals surface area contributed by atoms with Crippen LogP contribution in [-0.4, -0.2) is 18.2 Å². The van der Waals surface area contributed by atoms with E-state index in [1.54, 1.807) is 0 Å². The Hall–Kier alpha value is -2.62. The van der Waals surface area contributed by atoms with Gasteiger partial charge in [0.2, 0.25) is 5.78 Å². The number of benzene rings is 2. The van der Waals surface area contributed by atoms with E-state index in [4.69, 9.17) is 4.74 Å². The minimum absolute atomic E-state index is 0.195. The fraction of sp³-hybridized carbons (Fsp3) is 0.300. The van der Waals surface area contributed by atoms with Gasteiger partial charge in [0.1, 0.15) is 11.5 Å². The molecule has 126 valence electrons. The lowest BCUT2D eigenvalue weighted by molar-refractivity contribution is -0.138. The van der Waals surface area contributed by atoms with E-state index in [0.29, 0.717) is 13.0 Å². The summed E-state index contributed by atoms with van der Waals surface area (Å²) in [6.07, 6.45) is 0.962. The Morgan fingerprint density at radius 2 is 1.58 bits per heavy atom. The first kappa shape index (κ1) is 17.7. The fourth-order valence-electron chi connectivity index (χ4n) is 2.23. The molecule has 1 amide bonds. The molecule has 4 nitrogen and oxygen atoms in total. The first-order valence-electron chi connectivity index (χ1n) is 8.17. The van der Waals surface area contributed by atoms with Crippen LogP contribution in [0.1, 0.15) is 25.8 Å². The zero-order chi connectivity index (χ0) is 17.4. The van der Waals surface area contributed by atoms with Crippen molar-refractivity contribution in [1.82, 2.24) is 5.32 Å². The highest BCUT2D eigenvalue weighted by Crippen LogP contribution is 2.21. The van der Waals surface area contributed by atoms with Gasteiger partial charge in [-0.3, -0.25) is 9.59 Å². The number of Topliss-reactive ketones (excluding diaryl/α,β-unsaturated/α-hetero) is 1. The van der Waals surface area contributed by atoms with Crippen LogP contribution in [0.15, 0.2) is 54.6 Å². The number of carbonyl (C=O) groups excluding carboxylic acids is 2. The van der Waals surface area contributed by atoms with Crippen LogP contribution in [0.5, 0.6) is 11.5 Å². The predicted octanol–water partition coefficient (Wildman–Crippen LogP) is 3.75. The number of hydrogen-bond donors (Lipinski definition) is 1. The van der Waals surface area contributed by atoms with Gasteiger partial charge in [0.15, 0.2) is 0 Å². The molecule has 0 spiro atoms. The van der Waals surface area contributed by atoms with Crippen molar-refractivity contribution in [3.8, 4) is 11.5 Å². The smallest absolute Gasteiger partial charge is 0.287 e. The number of ether oxygens (including phenoxy) is 1. The Labute approximate surface area is 142 Å². The number of ketones is 1. The van der Waals surface area contributed by atoms with Gasteiger partial charge < -0.3 is 10.1 Å². The third-order valence-electron chi connectivity index (χ3n) is 3.45. The number of rotatable bonds is 8. The monoisotopic (exact) mass is 325 g/mol. The molecule has 0 fully saturated rings. The summed E-state index contributed by atoms with van der Waals surface area (Å²) in [5, 5.41) is 2.67. The SMILES string of the molecule is CC(C)CC(=O)C(=O)NCCc1ccc(Oc2ccccc2)cc1. The summed E-state index contributed by atoms with van der Waals surface area (Å²) in [6, 6.07) is 17.3. The van der Waals surface area contributed by atoms with Gasteiger partial charge in [0.25, 0.3) is 5.91 Å². The Bertz CT molecular complexity index is 663. The molecule has 0 aliphatic rings. The number of nitrogens with one attached hydrogen (secondary N) is 1. The molecule has 0 atom stereocenters. The number of hydrogen-bond acceptors (Lipinski definition) is 3. The zero-order valence-electron chi connectivity index (χ0n) is 14.1. The first-order chi connectivity index (χ1) is 11.5. The maximum Gasteiger partial charge on any atom is 0.287 e. The molecule has 2 aromatic rings. The van der Waals surface area contributed by atoms with E-state index in [2.05, 4.69) is 5.32 Å². The summed E-state index contributed by atoms with van der Waals surface area (Å²) in [5.74, 6) is 0.909. The molecule has 1 N–H and O–H groups in total. The molecular weight excluding hydrogens is 302 g/mol. The third-order valence-corrected chi connectivity index (χ3v) is 3.45. The minimum atomic E-state index is -0.493. The third kappa shape index (κ3) is 5.88. The van der Waals surface area contributed by atoms with Gasteiger partial charge in [-0.2, -0.15) is 0 Å². The second-order valence-corrected chi connectivity index (χ2v) is 6.09. The van der Waals surface area contributed by atoms with E-state index in [-0.39, 0.29) is 18.1 Å². The molecule has 0 unspecified atom stereocenters. The van der Waals surface area contributed by atoms with Crippen molar-refractivity contribution < 1.29 is 14.3 Å². The highest BCUT2D eigenvalue weighted by Gasteiger charge is 2.14. The Morgan fingerprint density at radius 1 is 0.958 bits per heavy atom. The van der Waals surface area contributed by atoms with Crippen LogP contribution in [0.2, 0.25) is 0 Å². The highest BCUT2D eigenvalue weighted by atomic mass is 16.5. The lowest BCUT2D eigenvalue weighted by Crippen LogP contribution is -2.33. The van der Waals surface area contributed by atoms with Crippen LogP contribution in [0.4, 0.5) is 0 Å². The summed E-state index contributed by atoms with van der Waals surface area (Å²) in [6.45, 7) is 4.29. The number of carbonyl (C=O) groups is 2. The van der Waals surface area contributed by atoms with Crippen molar-refractivity contribution in [2.75, 3.05) is 6.54 Å². The molecule has 0 aliphatic heterocycles. The first-order valence-corrected chi connectivity index (χ1v) is 8.17. The minimum Gasteiger partial charge on any atom is -0.457 e. The maximum absolute atomic E-state index is 11.6. The molecule has 2 rings (SSSR count). The summed E-state index contributed by atoms with van der Waals surface area (Å²) < 4.78 is 5.73. The van der Waals surface area contributed by atoms with Crippen molar-refractivity contribution in [3.05, 3.63) is 60.2 Å². The standard InChI is InChI=1S/C20H23NO3/c1-15(2)14-19(22)20(23)21-13-12-16-8-10-18(11-9-16)24-17-6-4-3-5-7-17/h3-11,15H,12-14H2,1-2H3,(H,21,23). The van der Waals surface area contributed by atoms with Gasteiger partial charge in [-0.1, -0.05) is 44.2 Å². The van der Waals surface area contributed by atoms with Crippen molar-refractivity contribution >= 4 is 11.7 Å². The van der Waals surface area contributed by atoms with Crippen LogP contribution in [-0.2, 0) is 16.0 Å². The Morgan fingerprint density at radius 3 is 2.21 bits per heavy atom. The molecule has 0 radical (unpaired) electrons. The number of amides is 1. The zero-order valence-corrected chi connectivity index (χ0v) is 14.1. The van der Waals surface area contributed by atoms with E-state index in [9.17, 15) is 9.59 Å². The second-order valence-electron chi connectivity index (χ2n) is 6.09. The summed E-state index contributed by atoms with van der Waals surface area (Å²) in [7, 11) is 0. The van der Waals surface area contributed by atoms with Gasteiger partial charge in [0.05, 0.1) is 0 Å². The van der Waals surface area contributed by atoms with Crippen LogP contribution < -0.4 is 10.1 Å². The molecule has 0 aromatic heterocycles. The Balaban J connectivity index is 1.78. The van der Waals surface area contributed by atoms with E-state index in [1.807, 2.05) is 68.4 Å². The molecule has 24 heavy (non-hydrogen) atoms. The normalized spacial score (nSPS) is 10.5. The van der Waals surface area contributed by atoms with Gasteiger partial charge in [-0.05, 0) is 42.2 Å². The van der Waals surface area contributed by atoms with E-state index in [1.165, 1.54) is 0 Å². The molecule has 0 aliphatic carbocycles. The molecule has 4 heteroatoms.